The summed E-state index contributed by atoms with van der Waals surface area (Å²) in [4.78, 5) is 54.0. The molecule has 0 spiro atoms. The van der Waals surface area contributed by atoms with Gasteiger partial charge < -0.3 is 9.80 Å². The number of piperazine rings is 1. The largest absolute Gasteiger partial charge is 0.339 e. The van der Waals surface area contributed by atoms with Gasteiger partial charge in [0, 0.05) is 45.1 Å². The molecule has 7 nitrogen and oxygen atoms in total. The third kappa shape index (κ3) is 3.46. The van der Waals surface area contributed by atoms with Gasteiger partial charge in [0.05, 0.1) is 11.1 Å². The second kappa shape index (κ2) is 7.13. The highest BCUT2D eigenvalue weighted by atomic mass is 16.2. The highest BCUT2D eigenvalue weighted by molar-refractivity contribution is 6.21. The summed E-state index contributed by atoms with van der Waals surface area (Å²) in [6.45, 7) is 2.56. The standard InChI is InChI=1S/C20H23N3O4/c24-17(21-10-12-22(13-11-21)18(25)14-7-8-14)6-3-9-23-19(26)15-4-1-2-5-16(15)20(23)27/h1-2,4-5,14H,3,6-13H2. The van der Waals surface area contributed by atoms with Crippen LogP contribution in [-0.4, -0.2) is 71.1 Å². The van der Waals surface area contributed by atoms with Crippen molar-refractivity contribution in [2.24, 2.45) is 5.92 Å². The van der Waals surface area contributed by atoms with Crippen LogP contribution in [0, 0.1) is 5.92 Å². The van der Waals surface area contributed by atoms with Gasteiger partial charge in [-0.1, -0.05) is 12.1 Å². The molecule has 1 saturated heterocycles. The van der Waals surface area contributed by atoms with E-state index in [1.165, 1.54) is 4.90 Å². The molecule has 3 aliphatic rings. The zero-order valence-electron chi connectivity index (χ0n) is 15.2. The summed E-state index contributed by atoms with van der Waals surface area (Å²) in [7, 11) is 0. The van der Waals surface area contributed by atoms with Crippen LogP contribution in [0.25, 0.3) is 0 Å². The number of hydrogen-bond acceptors (Lipinski definition) is 4. The van der Waals surface area contributed by atoms with E-state index in [4.69, 9.17) is 0 Å². The van der Waals surface area contributed by atoms with E-state index in [2.05, 4.69) is 0 Å². The molecule has 1 aliphatic carbocycles. The Hall–Kier alpha value is -2.70. The van der Waals surface area contributed by atoms with Crippen molar-refractivity contribution in [3.63, 3.8) is 0 Å². The molecule has 0 unspecified atom stereocenters. The molecule has 142 valence electrons. The summed E-state index contributed by atoms with van der Waals surface area (Å²) in [5, 5.41) is 0. The maximum atomic E-state index is 12.4. The number of nitrogens with zero attached hydrogens (tertiary/aromatic N) is 3. The predicted molar refractivity (Wildman–Crippen MR) is 96.9 cm³/mol. The summed E-state index contributed by atoms with van der Waals surface area (Å²) in [5.41, 5.74) is 0.871. The zero-order valence-corrected chi connectivity index (χ0v) is 15.2. The molecule has 4 rings (SSSR count). The van der Waals surface area contributed by atoms with Crippen molar-refractivity contribution in [1.29, 1.82) is 0 Å². The van der Waals surface area contributed by atoms with Crippen LogP contribution < -0.4 is 0 Å². The number of carbonyl (C=O) groups is 4. The first-order valence-corrected chi connectivity index (χ1v) is 9.58. The Balaban J connectivity index is 1.23. The van der Waals surface area contributed by atoms with Crippen molar-refractivity contribution >= 4 is 23.6 Å². The monoisotopic (exact) mass is 369 g/mol. The lowest BCUT2D eigenvalue weighted by molar-refractivity contribution is -0.140. The Kier molecular flexibility index (Phi) is 4.68. The number of imide groups is 1. The summed E-state index contributed by atoms with van der Waals surface area (Å²) in [5.74, 6) is -0.102. The maximum Gasteiger partial charge on any atom is 0.261 e. The van der Waals surface area contributed by atoms with Crippen LogP contribution in [-0.2, 0) is 9.59 Å². The minimum Gasteiger partial charge on any atom is -0.339 e. The van der Waals surface area contributed by atoms with Gasteiger partial charge in [0.15, 0.2) is 0 Å². The second-order valence-corrected chi connectivity index (χ2v) is 7.39. The number of benzene rings is 1. The molecule has 0 atom stereocenters. The fourth-order valence-corrected chi connectivity index (χ4v) is 3.75. The van der Waals surface area contributed by atoms with Crippen molar-refractivity contribution in [3.05, 3.63) is 35.4 Å². The topological polar surface area (TPSA) is 78.0 Å². The number of hydrogen-bond donors (Lipinski definition) is 0. The third-order valence-corrected chi connectivity index (χ3v) is 5.52. The van der Waals surface area contributed by atoms with Crippen LogP contribution in [0.5, 0.6) is 0 Å². The number of amides is 4. The summed E-state index contributed by atoms with van der Waals surface area (Å²) in [6.07, 6.45) is 2.74. The fraction of sp³-hybridized carbons (Fsp3) is 0.500. The Morgan fingerprint density at radius 3 is 2.00 bits per heavy atom. The number of fused-ring (bicyclic) bond motifs is 1. The van der Waals surface area contributed by atoms with E-state index in [9.17, 15) is 19.2 Å². The summed E-state index contributed by atoms with van der Waals surface area (Å²) in [6, 6.07) is 6.79. The smallest absolute Gasteiger partial charge is 0.261 e. The Morgan fingerprint density at radius 1 is 0.889 bits per heavy atom. The van der Waals surface area contributed by atoms with E-state index in [0.717, 1.165) is 12.8 Å². The molecular formula is C20H23N3O4. The molecule has 2 fully saturated rings. The first-order valence-electron chi connectivity index (χ1n) is 9.58. The fourth-order valence-electron chi connectivity index (χ4n) is 3.75. The lowest BCUT2D eigenvalue weighted by atomic mass is 10.1. The molecular weight excluding hydrogens is 346 g/mol. The molecule has 2 heterocycles. The quantitative estimate of drug-likeness (QED) is 0.730. The van der Waals surface area contributed by atoms with Gasteiger partial charge in [-0.05, 0) is 31.4 Å². The van der Waals surface area contributed by atoms with Crippen LogP contribution in [0.15, 0.2) is 24.3 Å². The van der Waals surface area contributed by atoms with E-state index in [0.29, 0.717) is 50.1 Å². The highest BCUT2D eigenvalue weighted by Crippen LogP contribution is 2.31. The van der Waals surface area contributed by atoms with E-state index in [1.54, 1.807) is 29.2 Å². The lowest BCUT2D eigenvalue weighted by Crippen LogP contribution is -2.51. The van der Waals surface area contributed by atoms with Crippen LogP contribution in [0.4, 0.5) is 0 Å². The van der Waals surface area contributed by atoms with Gasteiger partial charge in [0.1, 0.15) is 0 Å². The molecule has 27 heavy (non-hydrogen) atoms. The van der Waals surface area contributed by atoms with Crippen molar-refractivity contribution < 1.29 is 19.2 Å². The van der Waals surface area contributed by atoms with Crippen molar-refractivity contribution in [3.8, 4) is 0 Å². The first kappa shape index (κ1) is 17.7. The average Bonchev–Trinajstić information content (AvgIpc) is 3.52. The van der Waals surface area contributed by atoms with Gasteiger partial charge in [0.2, 0.25) is 11.8 Å². The van der Waals surface area contributed by atoms with Gasteiger partial charge in [-0.2, -0.15) is 0 Å². The molecule has 0 aromatic heterocycles. The molecule has 0 N–H and O–H groups in total. The predicted octanol–water partition coefficient (Wildman–Crippen LogP) is 1.14. The number of rotatable bonds is 5. The molecule has 4 amide bonds. The molecule has 1 saturated carbocycles. The molecule has 7 heteroatoms. The maximum absolute atomic E-state index is 12.4. The minimum atomic E-state index is -0.282. The van der Waals surface area contributed by atoms with E-state index >= 15 is 0 Å². The molecule has 0 bridgehead atoms. The van der Waals surface area contributed by atoms with Crippen LogP contribution in [0.2, 0.25) is 0 Å². The van der Waals surface area contributed by atoms with E-state index < -0.39 is 0 Å². The molecule has 2 aliphatic heterocycles. The number of carbonyl (C=O) groups excluding carboxylic acids is 4. The first-order chi connectivity index (χ1) is 13.1. The van der Waals surface area contributed by atoms with Gasteiger partial charge >= 0.3 is 0 Å². The van der Waals surface area contributed by atoms with Crippen LogP contribution >= 0.6 is 0 Å². The Labute approximate surface area is 157 Å². The second-order valence-electron chi connectivity index (χ2n) is 7.39. The van der Waals surface area contributed by atoms with Gasteiger partial charge in [-0.25, -0.2) is 0 Å². The lowest BCUT2D eigenvalue weighted by Gasteiger charge is -2.35. The van der Waals surface area contributed by atoms with Crippen molar-refractivity contribution in [2.45, 2.75) is 25.7 Å². The van der Waals surface area contributed by atoms with Crippen molar-refractivity contribution in [2.75, 3.05) is 32.7 Å². The normalized spacial score (nSPS) is 19.5. The third-order valence-electron chi connectivity index (χ3n) is 5.52. The Bertz CT molecular complexity index is 759. The van der Waals surface area contributed by atoms with Gasteiger partial charge in [-0.15, -0.1) is 0 Å². The molecule has 1 aromatic rings. The van der Waals surface area contributed by atoms with Crippen LogP contribution in [0.3, 0.4) is 0 Å². The van der Waals surface area contributed by atoms with Gasteiger partial charge in [0.25, 0.3) is 11.8 Å². The zero-order chi connectivity index (χ0) is 19.0. The molecule has 1 aromatic carbocycles. The van der Waals surface area contributed by atoms with E-state index in [-0.39, 0.29) is 36.1 Å². The van der Waals surface area contributed by atoms with Crippen molar-refractivity contribution in [1.82, 2.24) is 14.7 Å². The van der Waals surface area contributed by atoms with E-state index in [1.807, 2.05) is 4.90 Å². The summed E-state index contributed by atoms with van der Waals surface area (Å²) >= 11 is 0. The SMILES string of the molecule is O=C(CCCN1C(=O)c2ccccc2C1=O)N1CCN(C(=O)C2CC2)CC1. The minimum absolute atomic E-state index is 0.0186. The van der Waals surface area contributed by atoms with Crippen LogP contribution in [0.1, 0.15) is 46.4 Å². The molecule has 0 radical (unpaired) electrons. The summed E-state index contributed by atoms with van der Waals surface area (Å²) < 4.78 is 0. The van der Waals surface area contributed by atoms with Gasteiger partial charge in [-0.3, -0.25) is 24.1 Å². The highest BCUT2D eigenvalue weighted by Gasteiger charge is 2.36. The Morgan fingerprint density at radius 2 is 1.44 bits per heavy atom. The average molecular weight is 369 g/mol.